The number of esters is 1. The maximum absolute atomic E-state index is 11.9. The van der Waals surface area contributed by atoms with E-state index in [0.717, 1.165) is 5.56 Å². The third kappa shape index (κ3) is 3.96. The van der Waals surface area contributed by atoms with Crippen LogP contribution in [-0.2, 0) is 14.6 Å². The molecule has 112 valence electrons. The van der Waals surface area contributed by atoms with Crippen molar-refractivity contribution in [3.05, 3.63) is 29.3 Å². The highest BCUT2D eigenvalue weighted by atomic mass is 32.2. The van der Waals surface area contributed by atoms with Gasteiger partial charge in [0.15, 0.2) is 9.84 Å². The summed E-state index contributed by atoms with van der Waals surface area (Å²) in [5, 5.41) is 0. The first-order valence-corrected chi connectivity index (χ1v) is 7.95. The predicted octanol–water partition coefficient (Wildman–Crippen LogP) is 1.95. The number of benzene rings is 1. The van der Waals surface area contributed by atoms with Crippen molar-refractivity contribution in [2.75, 3.05) is 18.1 Å². The van der Waals surface area contributed by atoms with Crippen molar-refractivity contribution in [1.29, 1.82) is 0 Å². The van der Waals surface area contributed by atoms with E-state index in [1.54, 1.807) is 39.8 Å². The molecule has 6 heteroatoms. The Kier molecular flexibility index (Phi) is 4.81. The van der Waals surface area contributed by atoms with Gasteiger partial charge in [0.25, 0.3) is 0 Å². The van der Waals surface area contributed by atoms with E-state index in [-0.39, 0.29) is 12.4 Å². The van der Waals surface area contributed by atoms with Crippen molar-refractivity contribution >= 4 is 21.5 Å². The Hall–Kier alpha value is -1.56. The topological polar surface area (TPSA) is 86.5 Å². The van der Waals surface area contributed by atoms with Crippen LogP contribution in [0, 0.1) is 6.92 Å². The van der Waals surface area contributed by atoms with Crippen LogP contribution in [0.5, 0.6) is 0 Å². The first-order valence-electron chi connectivity index (χ1n) is 6.30. The molecule has 0 heterocycles. The van der Waals surface area contributed by atoms with Crippen molar-refractivity contribution in [1.82, 2.24) is 0 Å². The molecular weight excluding hydrogens is 278 g/mol. The van der Waals surface area contributed by atoms with Crippen molar-refractivity contribution < 1.29 is 17.9 Å². The van der Waals surface area contributed by atoms with E-state index in [4.69, 9.17) is 10.5 Å². The van der Waals surface area contributed by atoms with E-state index in [2.05, 4.69) is 0 Å². The molecule has 0 aliphatic rings. The second-order valence-corrected chi connectivity index (χ2v) is 8.50. The van der Waals surface area contributed by atoms with Crippen LogP contribution in [0.4, 0.5) is 5.69 Å². The molecule has 0 radical (unpaired) electrons. The van der Waals surface area contributed by atoms with E-state index in [1.165, 1.54) is 6.07 Å². The van der Waals surface area contributed by atoms with Gasteiger partial charge in [0.2, 0.25) is 0 Å². The molecule has 1 rings (SSSR count). The molecule has 0 spiro atoms. The van der Waals surface area contributed by atoms with Gasteiger partial charge < -0.3 is 10.5 Å². The molecule has 0 atom stereocenters. The van der Waals surface area contributed by atoms with Crippen LogP contribution in [0.25, 0.3) is 0 Å². The number of sulfone groups is 1. The molecule has 1 aromatic carbocycles. The Morgan fingerprint density at radius 1 is 1.30 bits per heavy atom. The summed E-state index contributed by atoms with van der Waals surface area (Å²) in [5.41, 5.74) is 7.18. The second kappa shape index (κ2) is 5.83. The number of ether oxygens (including phenoxy) is 1. The van der Waals surface area contributed by atoms with E-state index in [1.807, 2.05) is 0 Å². The molecule has 0 aliphatic heterocycles. The Morgan fingerprint density at radius 2 is 1.90 bits per heavy atom. The second-order valence-electron chi connectivity index (χ2n) is 5.64. The number of anilines is 1. The van der Waals surface area contributed by atoms with Crippen LogP contribution in [0.1, 0.15) is 36.7 Å². The monoisotopic (exact) mass is 299 g/mol. The lowest BCUT2D eigenvalue weighted by atomic mass is 10.1. The predicted molar refractivity (Wildman–Crippen MR) is 79.4 cm³/mol. The number of carbonyl (C=O) groups is 1. The molecular formula is C14H21NO4S. The zero-order valence-electron chi connectivity index (χ0n) is 12.3. The highest BCUT2D eigenvalue weighted by Crippen LogP contribution is 2.17. The highest BCUT2D eigenvalue weighted by Gasteiger charge is 2.28. The van der Waals surface area contributed by atoms with Gasteiger partial charge in [0.1, 0.15) is 6.61 Å². The fourth-order valence-electron chi connectivity index (χ4n) is 1.49. The molecule has 0 saturated carbocycles. The maximum atomic E-state index is 11.9. The molecule has 1 aromatic rings. The van der Waals surface area contributed by atoms with Gasteiger partial charge in [-0.25, -0.2) is 13.2 Å². The summed E-state index contributed by atoms with van der Waals surface area (Å²) >= 11 is 0. The summed E-state index contributed by atoms with van der Waals surface area (Å²) in [6, 6.07) is 4.93. The smallest absolute Gasteiger partial charge is 0.338 e. The summed E-state index contributed by atoms with van der Waals surface area (Å²) in [6.45, 7) is 6.46. The quantitative estimate of drug-likeness (QED) is 0.678. The lowest BCUT2D eigenvalue weighted by Crippen LogP contribution is -2.32. The average Bonchev–Trinajstić information content (AvgIpc) is 2.30. The summed E-state index contributed by atoms with van der Waals surface area (Å²) in [5.74, 6) is -0.747. The fourth-order valence-corrected chi connectivity index (χ4v) is 2.40. The average molecular weight is 299 g/mol. The van der Waals surface area contributed by atoms with Gasteiger partial charge in [0, 0.05) is 5.69 Å². The highest BCUT2D eigenvalue weighted by molar-refractivity contribution is 7.92. The van der Waals surface area contributed by atoms with Crippen LogP contribution in [-0.4, -0.2) is 31.5 Å². The summed E-state index contributed by atoms with van der Waals surface area (Å²) in [4.78, 5) is 11.9. The minimum atomic E-state index is -3.30. The van der Waals surface area contributed by atoms with Gasteiger partial charge in [-0.1, -0.05) is 6.07 Å². The van der Waals surface area contributed by atoms with E-state index in [9.17, 15) is 13.2 Å². The minimum absolute atomic E-state index is 0.160. The minimum Gasteiger partial charge on any atom is -0.461 e. The zero-order valence-corrected chi connectivity index (χ0v) is 13.1. The maximum Gasteiger partial charge on any atom is 0.338 e. The molecule has 2 N–H and O–H groups in total. The van der Waals surface area contributed by atoms with Crippen LogP contribution in [0.3, 0.4) is 0 Å². The number of nitrogens with two attached hydrogens (primary N) is 1. The number of carbonyl (C=O) groups excluding carboxylic acids is 1. The van der Waals surface area contributed by atoms with Crippen molar-refractivity contribution in [2.24, 2.45) is 0 Å². The molecule has 0 saturated heterocycles. The lowest BCUT2D eigenvalue weighted by Gasteiger charge is -2.19. The number of aryl methyl sites for hydroxylation is 1. The number of rotatable bonds is 4. The van der Waals surface area contributed by atoms with Crippen molar-refractivity contribution in [3.63, 3.8) is 0 Å². The van der Waals surface area contributed by atoms with Crippen molar-refractivity contribution in [2.45, 2.75) is 32.4 Å². The Morgan fingerprint density at radius 3 is 2.45 bits per heavy atom. The molecule has 5 nitrogen and oxygen atoms in total. The first-order chi connectivity index (χ1) is 9.04. The third-order valence-electron chi connectivity index (χ3n) is 3.00. The van der Waals surface area contributed by atoms with Gasteiger partial charge in [0.05, 0.1) is 16.1 Å². The van der Waals surface area contributed by atoms with Gasteiger partial charge in [-0.15, -0.1) is 0 Å². The van der Waals surface area contributed by atoms with Gasteiger partial charge in [-0.05, 0) is 45.4 Å². The van der Waals surface area contributed by atoms with E-state index < -0.39 is 20.6 Å². The molecule has 20 heavy (non-hydrogen) atoms. The van der Waals surface area contributed by atoms with E-state index >= 15 is 0 Å². The van der Waals surface area contributed by atoms with Gasteiger partial charge >= 0.3 is 5.97 Å². The van der Waals surface area contributed by atoms with Crippen LogP contribution in [0.15, 0.2) is 18.2 Å². The lowest BCUT2D eigenvalue weighted by molar-refractivity contribution is 0.0528. The molecule has 0 aromatic heterocycles. The summed E-state index contributed by atoms with van der Waals surface area (Å²) in [6.07, 6.45) is 0. The third-order valence-corrected chi connectivity index (χ3v) is 5.57. The Bertz CT molecular complexity index is 600. The number of hydrogen-bond donors (Lipinski definition) is 1. The molecule has 0 bridgehead atoms. The summed E-state index contributed by atoms with van der Waals surface area (Å²) < 4.78 is 27.9. The van der Waals surface area contributed by atoms with Gasteiger partial charge in [-0.3, -0.25) is 0 Å². The normalized spacial score (nSPS) is 12.2. The van der Waals surface area contributed by atoms with E-state index in [0.29, 0.717) is 11.3 Å². The SMILES string of the molecule is Cc1ccc(N)cc1C(=O)OCCS(=O)(=O)C(C)(C)C. The first kappa shape index (κ1) is 16.5. The number of nitrogen functional groups attached to an aromatic ring is 1. The fraction of sp³-hybridized carbons (Fsp3) is 0.500. The number of hydrogen-bond acceptors (Lipinski definition) is 5. The van der Waals surface area contributed by atoms with Crippen LogP contribution < -0.4 is 5.73 Å². The molecule has 0 unspecified atom stereocenters. The Balaban J connectivity index is 2.68. The summed E-state index contributed by atoms with van der Waals surface area (Å²) in [7, 11) is -3.30. The molecule has 0 aliphatic carbocycles. The zero-order chi connectivity index (χ0) is 15.6. The van der Waals surface area contributed by atoms with Crippen LogP contribution in [0.2, 0.25) is 0 Å². The largest absolute Gasteiger partial charge is 0.461 e. The molecule has 0 amide bonds. The van der Waals surface area contributed by atoms with Crippen LogP contribution >= 0.6 is 0 Å². The molecule has 0 fully saturated rings. The van der Waals surface area contributed by atoms with Gasteiger partial charge in [-0.2, -0.15) is 0 Å². The standard InChI is InChI=1S/C14H21NO4S/c1-10-5-6-11(15)9-12(10)13(16)19-7-8-20(17,18)14(2,3)4/h5-6,9H,7-8,15H2,1-4H3. The Labute approximate surface area is 120 Å². The van der Waals surface area contributed by atoms with Crippen molar-refractivity contribution in [3.8, 4) is 0 Å².